The molecule has 0 heterocycles. The molecule has 0 unspecified atom stereocenters. The predicted molar refractivity (Wildman–Crippen MR) is 232 cm³/mol. The van der Waals surface area contributed by atoms with E-state index in [1.54, 1.807) is 19.9 Å². The molecule has 0 bridgehead atoms. The molecule has 0 saturated carbocycles. The van der Waals surface area contributed by atoms with Crippen LogP contribution < -0.4 is 32.3 Å². The Morgan fingerprint density at radius 3 is 1.66 bits per heavy atom. The number of carbonyl (C=O) groups excluding carboxylic acids is 6. The second kappa shape index (κ2) is 22.3. The number of carboxylic acids is 1. The zero-order valence-electron chi connectivity index (χ0n) is 35.3. The number of primary amides is 1. The van der Waals surface area contributed by atoms with Crippen molar-refractivity contribution in [3.63, 3.8) is 0 Å². The van der Waals surface area contributed by atoms with E-state index < -0.39 is 96.5 Å². The Hall–Kier alpha value is -6.35. The Balaban J connectivity index is 1.45. The van der Waals surface area contributed by atoms with Gasteiger partial charge >= 0.3 is 5.97 Å². The lowest BCUT2D eigenvalue weighted by Gasteiger charge is -2.30. The molecule has 0 aliphatic rings. The maximum atomic E-state index is 13.9. The van der Waals surface area contributed by atoms with E-state index in [1.807, 2.05) is 92.7 Å². The van der Waals surface area contributed by atoms with E-state index in [1.165, 1.54) is 6.92 Å². The maximum absolute atomic E-state index is 13.9. The lowest BCUT2D eigenvalue weighted by Crippen LogP contribution is -2.58. The summed E-state index contributed by atoms with van der Waals surface area (Å²) in [4.78, 5) is 91.0. The summed E-state index contributed by atoms with van der Waals surface area (Å²) in [6, 6.07) is 20.7. The van der Waals surface area contributed by atoms with Gasteiger partial charge in [-0.1, -0.05) is 113 Å². The molecule has 0 radical (unpaired) electrons. The van der Waals surface area contributed by atoms with Gasteiger partial charge in [0.15, 0.2) is 0 Å². The zero-order chi connectivity index (χ0) is 44.8. The van der Waals surface area contributed by atoms with Gasteiger partial charge in [-0.25, -0.2) is 0 Å². The van der Waals surface area contributed by atoms with E-state index in [-0.39, 0.29) is 31.6 Å². The lowest BCUT2D eigenvalue weighted by molar-refractivity contribution is -0.138. The molecule has 0 aliphatic heterocycles. The minimum absolute atomic E-state index is 0.0350. The fraction of sp³-hybridized carbons (Fsp3) is 0.413. The van der Waals surface area contributed by atoms with Crippen LogP contribution in [0.4, 0.5) is 0 Å². The number of nitrogens with two attached hydrogens (primary N) is 1. The van der Waals surface area contributed by atoms with E-state index in [0.717, 1.165) is 32.7 Å². The van der Waals surface area contributed by atoms with Gasteiger partial charge in [0, 0.05) is 26.2 Å². The first-order valence-corrected chi connectivity index (χ1v) is 20.5. The van der Waals surface area contributed by atoms with Crippen molar-refractivity contribution >= 4 is 63.0 Å². The van der Waals surface area contributed by atoms with Crippen molar-refractivity contribution in [2.75, 3.05) is 0 Å². The van der Waals surface area contributed by atoms with Crippen molar-refractivity contribution in [1.29, 1.82) is 0 Å². The van der Waals surface area contributed by atoms with Crippen molar-refractivity contribution in [2.45, 2.75) is 109 Å². The topological polar surface area (TPSA) is 246 Å². The molecular formula is C46H58N6O9. The van der Waals surface area contributed by atoms with Gasteiger partial charge in [-0.3, -0.25) is 33.6 Å². The maximum Gasteiger partial charge on any atom is 0.303 e. The van der Waals surface area contributed by atoms with Crippen LogP contribution in [0.2, 0.25) is 0 Å². The summed E-state index contributed by atoms with van der Waals surface area (Å²) < 4.78 is 0. The first kappa shape index (κ1) is 47.3. The van der Waals surface area contributed by atoms with Crippen molar-refractivity contribution in [3.8, 4) is 0 Å². The minimum atomic E-state index is -1.47. The smallest absolute Gasteiger partial charge is 0.303 e. The molecule has 4 aromatic rings. The quantitative estimate of drug-likeness (QED) is 0.0579. The number of hydrogen-bond acceptors (Lipinski definition) is 8. The third-order valence-electron chi connectivity index (χ3n) is 10.4. The van der Waals surface area contributed by atoms with Crippen LogP contribution in [0.25, 0.3) is 21.5 Å². The van der Waals surface area contributed by atoms with Gasteiger partial charge in [0.05, 0.1) is 18.6 Å². The molecule has 0 spiro atoms. The molecule has 6 amide bonds. The Morgan fingerprint density at radius 1 is 0.623 bits per heavy atom. The molecule has 4 aromatic carbocycles. The molecular weight excluding hydrogens is 781 g/mol. The van der Waals surface area contributed by atoms with Crippen LogP contribution in [-0.4, -0.2) is 87.9 Å². The standard InChI is InChI=1S/C46H58N6O9/c1-26(2)22-36(50-46(61)42(27(3)4)52-45(60)38(48-28(5)53)24-32-17-11-15-30-13-7-9-19-34(30)32)39(54)25-40(55)49-35(20-21-41(56)57)44(59)51-37(43(47)58)23-31-16-10-14-29-12-6-8-18-33(29)31/h6-19,26-27,35-39,42,54H,20-25H2,1-5H3,(H2,47,58)(H,48,53)(H,49,55)(H,50,61)(H,51,59)(H,52,60)(H,56,57)/t35-,36-,37-,38-,39-,42-/m0/s1. The summed E-state index contributed by atoms with van der Waals surface area (Å²) in [6.07, 6.45) is -2.46. The van der Waals surface area contributed by atoms with E-state index >= 15 is 0 Å². The molecule has 4 rings (SSSR count). The Labute approximate surface area is 355 Å². The van der Waals surface area contributed by atoms with Crippen LogP contribution in [0.3, 0.4) is 0 Å². The molecule has 0 saturated heterocycles. The molecule has 0 fully saturated rings. The van der Waals surface area contributed by atoms with E-state index in [4.69, 9.17) is 5.73 Å². The first-order chi connectivity index (χ1) is 28.9. The summed E-state index contributed by atoms with van der Waals surface area (Å²) in [5.74, 6) is -5.85. The third-order valence-corrected chi connectivity index (χ3v) is 10.4. The van der Waals surface area contributed by atoms with Crippen LogP contribution in [0.1, 0.15) is 71.4 Å². The molecule has 15 nitrogen and oxygen atoms in total. The van der Waals surface area contributed by atoms with Gasteiger partial charge in [0.2, 0.25) is 35.4 Å². The Bertz CT molecular complexity index is 2200. The van der Waals surface area contributed by atoms with Crippen molar-refractivity contribution < 1.29 is 43.8 Å². The Kier molecular flexibility index (Phi) is 17.3. The highest BCUT2D eigenvalue weighted by Crippen LogP contribution is 2.22. The van der Waals surface area contributed by atoms with Crippen LogP contribution in [0, 0.1) is 11.8 Å². The normalized spacial score (nSPS) is 14.3. The number of rotatable bonds is 22. The molecule has 326 valence electrons. The Morgan fingerprint density at radius 2 is 1.15 bits per heavy atom. The average molecular weight is 839 g/mol. The van der Waals surface area contributed by atoms with Gasteiger partial charge in [0.25, 0.3) is 0 Å². The fourth-order valence-electron chi connectivity index (χ4n) is 7.33. The number of aliphatic carboxylic acids is 1. The van der Waals surface area contributed by atoms with E-state index in [0.29, 0.717) is 0 Å². The summed E-state index contributed by atoms with van der Waals surface area (Å²) in [5, 5.41) is 37.8. The number of nitrogens with one attached hydrogen (secondary N) is 5. The third kappa shape index (κ3) is 14.1. The molecule has 61 heavy (non-hydrogen) atoms. The summed E-state index contributed by atoms with van der Waals surface area (Å²) in [7, 11) is 0. The molecule has 0 aliphatic carbocycles. The van der Waals surface area contributed by atoms with E-state index in [2.05, 4.69) is 26.6 Å². The highest BCUT2D eigenvalue weighted by Gasteiger charge is 2.33. The number of benzene rings is 4. The first-order valence-electron chi connectivity index (χ1n) is 20.5. The highest BCUT2D eigenvalue weighted by atomic mass is 16.4. The van der Waals surface area contributed by atoms with E-state index in [9.17, 15) is 43.8 Å². The van der Waals surface area contributed by atoms with Gasteiger partial charge in [-0.05, 0) is 57.3 Å². The summed E-state index contributed by atoms with van der Waals surface area (Å²) >= 11 is 0. The largest absolute Gasteiger partial charge is 0.481 e. The van der Waals surface area contributed by atoms with Crippen molar-refractivity contribution in [2.24, 2.45) is 17.6 Å². The summed E-state index contributed by atoms with van der Waals surface area (Å²) in [6.45, 7) is 8.49. The number of aliphatic hydroxyl groups is 1. The number of amides is 6. The highest BCUT2D eigenvalue weighted by molar-refractivity contribution is 5.95. The van der Waals surface area contributed by atoms with Gasteiger partial charge in [-0.2, -0.15) is 0 Å². The zero-order valence-corrected chi connectivity index (χ0v) is 35.3. The monoisotopic (exact) mass is 838 g/mol. The van der Waals surface area contributed by atoms with Crippen LogP contribution in [-0.2, 0) is 46.4 Å². The lowest BCUT2D eigenvalue weighted by atomic mass is 9.95. The molecule has 9 N–H and O–H groups in total. The molecule has 15 heteroatoms. The second-order valence-corrected chi connectivity index (χ2v) is 16.2. The van der Waals surface area contributed by atoms with Crippen molar-refractivity contribution in [1.82, 2.24) is 26.6 Å². The SMILES string of the molecule is CC(=O)N[C@@H](Cc1cccc2ccccc12)C(=O)N[C@H](C(=O)N[C@@H](CC(C)C)[C@@H](O)CC(=O)N[C@@H](CCC(=O)O)C(=O)N[C@@H](Cc1cccc2ccccc12)C(N)=O)C(C)C. The van der Waals surface area contributed by atoms with Crippen LogP contribution in [0.15, 0.2) is 84.9 Å². The van der Waals surface area contributed by atoms with Crippen LogP contribution >= 0.6 is 0 Å². The number of carbonyl (C=O) groups is 7. The number of fused-ring (bicyclic) bond motifs is 2. The van der Waals surface area contributed by atoms with Gasteiger partial charge < -0.3 is 42.5 Å². The second-order valence-electron chi connectivity index (χ2n) is 16.2. The number of carboxylic acid groups (broad SMARTS) is 1. The average Bonchev–Trinajstić information content (AvgIpc) is 3.20. The summed E-state index contributed by atoms with van der Waals surface area (Å²) in [5.41, 5.74) is 7.25. The van der Waals surface area contributed by atoms with Gasteiger partial charge in [-0.15, -0.1) is 0 Å². The van der Waals surface area contributed by atoms with Crippen molar-refractivity contribution in [3.05, 3.63) is 96.1 Å². The minimum Gasteiger partial charge on any atom is -0.481 e. The fourth-order valence-corrected chi connectivity index (χ4v) is 7.33. The predicted octanol–water partition coefficient (Wildman–Crippen LogP) is 3.03. The van der Waals surface area contributed by atoms with Gasteiger partial charge in [0.1, 0.15) is 24.2 Å². The number of aliphatic hydroxyl groups excluding tert-OH is 1. The molecule has 6 atom stereocenters. The molecule has 0 aromatic heterocycles. The van der Waals surface area contributed by atoms with Crippen LogP contribution in [0.5, 0.6) is 0 Å². The number of hydrogen-bond donors (Lipinski definition) is 8.